The lowest BCUT2D eigenvalue weighted by Crippen LogP contribution is -2.47. The first-order valence-corrected chi connectivity index (χ1v) is 17.4. The van der Waals surface area contributed by atoms with Gasteiger partial charge in [-0.15, -0.1) is 0 Å². The first kappa shape index (κ1) is 33.2. The quantitative estimate of drug-likeness (QED) is 0.261. The van der Waals surface area contributed by atoms with Crippen LogP contribution in [0, 0.1) is 29.1 Å². The number of nitrogens with one attached hydrogen (secondary N) is 1. The Morgan fingerprint density at radius 1 is 1.07 bits per heavy atom. The molecule has 1 N–H and O–H groups in total. The van der Waals surface area contributed by atoms with E-state index in [-0.39, 0.29) is 46.6 Å². The number of carbonyl (C=O) groups excluding carboxylic acids is 3. The van der Waals surface area contributed by atoms with E-state index in [0.29, 0.717) is 18.4 Å². The van der Waals surface area contributed by atoms with Gasteiger partial charge in [-0.25, -0.2) is 9.78 Å². The molecule has 1 spiro atoms. The van der Waals surface area contributed by atoms with Gasteiger partial charge in [0.2, 0.25) is 11.8 Å². The topological polar surface area (TPSA) is 88.6 Å². The summed E-state index contributed by atoms with van der Waals surface area (Å²) in [7, 11) is 1.30. The highest BCUT2D eigenvalue weighted by atomic mass is 16.5. The van der Waals surface area contributed by atoms with Crippen molar-refractivity contribution in [1.29, 1.82) is 0 Å². The number of hydrogen-bond donors (Lipinski definition) is 1. The summed E-state index contributed by atoms with van der Waals surface area (Å²) in [5, 5.41) is 2.83. The van der Waals surface area contributed by atoms with Gasteiger partial charge >= 0.3 is 5.97 Å². The van der Waals surface area contributed by atoms with Gasteiger partial charge < -0.3 is 15.0 Å². The van der Waals surface area contributed by atoms with E-state index in [1.165, 1.54) is 51.2 Å². The van der Waals surface area contributed by atoms with Crippen molar-refractivity contribution >= 4 is 23.6 Å². The molecule has 7 nitrogen and oxygen atoms in total. The first-order valence-electron chi connectivity index (χ1n) is 17.4. The summed E-state index contributed by atoms with van der Waals surface area (Å²) in [6.45, 7) is 7.40. The molecule has 45 heavy (non-hydrogen) atoms. The maximum absolute atomic E-state index is 14.1. The molecule has 1 aliphatic heterocycles. The van der Waals surface area contributed by atoms with Crippen LogP contribution < -0.4 is 5.32 Å². The first-order chi connectivity index (χ1) is 21.7. The van der Waals surface area contributed by atoms with Crippen molar-refractivity contribution in [2.45, 2.75) is 103 Å². The monoisotopic (exact) mass is 615 g/mol. The lowest BCUT2D eigenvalue weighted by molar-refractivity contribution is -0.139. The molecule has 2 aliphatic carbocycles. The molecule has 2 aromatic rings. The normalized spacial score (nSPS) is 27.8. The molecule has 1 aromatic carbocycles. The Morgan fingerprint density at radius 2 is 1.80 bits per heavy atom. The number of esters is 1. The fraction of sp³-hybridized carbons (Fsp3) is 0.632. The Labute approximate surface area is 269 Å². The van der Waals surface area contributed by atoms with Gasteiger partial charge in [0, 0.05) is 12.5 Å². The SMILES string of the molecule is CCCC(C)CC1(c2ccccc2)CCC2(CC1)CC(CC1CCC1)C(C)C(=O)N(CC(=O)Nc1cccc(C(=O)OC)n1)C2. The summed E-state index contributed by atoms with van der Waals surface area (Å²) < 4.78 is 4.78. The van der Waals surface area contributed by atoms with E-state index in [0.717, 1.165) is 44.4 Å². The smallest absolute Gasteiger partial charge is 0.356 e. The zero-order chi connectivity index (χ0) is 32.0. The molecule has 2 amide bonds. The molecule has 5 rings (SSSR count). The zero-order valence-corrected chi connectivity index (χ0v) is 27.9. The number of ether oxygens (including phenoxy) is 1. The Hall–Kier alpha value is -3.22. The third-order valence-corrected chi connectivity index (χ3v) is 11.4. The zero-order valence-electron chi connectivity index (χ0n) is 27.9. The maximum atomic E-state index is 14.1. The highest BCUT2D eigenvalue weighted by molar-refractivity contribution is 5.95. The summed E-state index contributed by atoms with van der Waals surface area (Å²) >= 11 is 0. The van der Waals surface area contributed by atoms with Gasteiger partial charge in [-0.1, -0.05) is 89.3 Å². The summed E-state index contributed by atoms with van der Waals surface area (Å²) in [6, 6.07) is 16.0. The van der Waals surface area contributed by atoms with Gasteiger partial charge in [0.1, 0.15) is 5.82 Å². The molecule has 244 valence electrons. The van der Waals surface area contributed by atoms with Gasteiger partial charge in [0.25, 0.3) is 0 Å². The van der Waals surface area contributed by atoms with E-state index in [4.69, 9.17) is 4.74 Å². The third kappa shape index (κ3) is 7.78. The van der Waals surface area contributed by atoms with E-state index >= 15 is 0 Å². The molecule has 0 bridgehead atoms. The Balaban J connectivity index is 1.37. The van der Waals surface area contributed by atoms with Crippen LogP contribution in [0.5, 0.6) is 0 Å². The highest BCUT2D eigenvalue weighted by Crippen LogP contribution is 2.55. The second-order valence-electron chi connectivity index (χ2n) is 14.7. The number of rotatable bonds is 11. The summed E-state index contributed by atoms with van der Waals surface area (Å²) in [4.78, 5) is 45.5. The minimum Gasteiger partial charge on any atom is -0.464 e. The van der Waals surface area contributed by atoms with E-state index < -0.39 is 5.97 Å². The Morgan fingerprint density at radius 3 is 2.44 bits per heavy atom. The number of nitrogens with zero attached hydrogens (tertiary/aromatic N) is 2. The summed E-state index contributed by atoms with van der Waals surface area (Å²) in [5.74, 6) is 1.16. The highest BCUT2D eigenvalue weighted by Gasteiger charge is 2.49. The van der Waals surface area contributed by atoms with Crippen LogP contribution in [-0.2, 0) is 19.7 Å². The van der Waals surface area contributed by atoms with Crippen molar-refractivity contribution in [2.75, 3.05) is 25.5 Å². The van der Waals surface area contributed by atoms with E-state index in [1.54, 1.807) is 18.2 Å². The van der Waals surface area contributed by atoms with Crippen molar-refractivity contribution in [3.8, 4) is 0 Å². The van der Waals surface area contributed by atoms with Gasteiger partial charge in [-0.3, -0.25) is 9.59 Å². The lowest BCUT2D eigenvalue weighted by Gasteiger charge is -2.49. The predicted molar refractivity (Wildman–Crippen MR) is 178 cm³/mol. The number of amides is 2. The summed E-state index contributed by atoms with van der Waals surface area (Å²) in [5.41, 5.74) is 1.75. The second-order valence-corrected chi connectivity index (χ2v) is 14.7. The molecular formula is C38H53N3O4. The molecule has 1 saturated heterocycles. The minimum absolute atomic E-state index is 0.00440. The molecule has 7 heteroatoms. The van der Waals surface area contributed by atoms with Gasteiger partial charge in [-0.05, 0) is 91.2 Å². The number of anilines is 1. The Kier molecular flexibility index (Phi) is 10.7. The number of aromatic nitrogens is 1. The van der Waals surface area contributed by atoms with Crippen LogP contribution in [0.15, 0.2) is 48.5 Å². The Bertz CT molecular complexity index is 1320. The molecule has 3 fully saturated rings. The average molecular weight is 616 g/mol. The van der Waals surface area contributed by atoms with Crippen molar-refractivity contribution < 1.29 is 19.1 Å². The number of benzene rings is 1. The van der Waals surface area contributed by atoms with Crippen LogP contribution in [0.2, 0.25) is 0 Å². The molecular weight excluding hydrogens is 562 g/mol. The van der Waals surface area contributed by atoms with Gasteiger partial charge in [0.05, 0.1) is 13.7 Å². The molecule has 2 heterocycles. The van der Waals surface area contributed by atoms with Crippen LogP contribution in [-0.4, -0.2) is 47.9 Å². The minimum atomic E-state index is -0.560. The number of hydrogen-bond acceptors (Lipinski definition) is 5. The van der Waals surface area contributed by atoms with Crippen LogP contribution >= 0.6 is 0 Å². The fourth-order valence-electron chi connectivity index (χ4n) is 8.71. The fourth-order valence-corrected chi connectivity index (χ4v) is 8.71. The van der Waals surface area contributed by atoms with Crippen LogP contribution in [0.4, 0.5) is 5.82 Å². The number of likely N-dealkylation sites (tertiary alicyclic amines) is 1. The van der Waals surface area contributed by atoms with E-state index in [2.05, 4.69) is 61.4 Å². The molecule has 1 aromatic heterocycles. The molecule has 0 radical (unpaired) electrons. The molecule has 3 unspecified atom stereocenters. The van der Waals surface area contributed by atoms with Crippen molar-refractivity contribution in [3.63, 3.8) is 0 Å². The number of methoxy groups -OCH3 is 1. The number of pyridine rings is 1. The van der Waals surface area contributed by atoms with Gasteiger partial charge in [-0.2, -0.15) is 0 Å². The third-order valence-electron chi connectivity index (χ3n) is 11.4. The summed E-state index contributed by atoms with van der Waals surface area (Å²) in [6.07, 6.45) is 14.1. The molecule has 3 aliphatic rings. The van der Waals surface area contributed by atoms with Crippen molar-refractivity contribution in [1.82, 2.24) is 9.88 Å². The van der Waals surface area contributed by atoms with Crippen LogP contribution in [0.3, 0.4) is 0 Å². The number of carbonyl (C=O) groups is 3. The molecule has 2 saturated carbocycles. The molecule has 3 atom stereocenters. The van der Waals surface area contributed by atoms with Crippen molar-refractivity contribution in [3.05, 3.63) is 59.8 Å². The van der Waals surface area contributed by atoms with E-state index in [1.807, 2.05) is 4.90 Å². The van der Waals surface area contributed by atoms with E-state index in [9.17, 15) is 14.4 Å². The lowest BCUT2D eigenvalue weighted by atomic mass is 9.56. The average Bonchev–Trinajstić information content (AvgIpc) is 3.11. The van der Waals surface area contributed by atoms with Crippen LogP contribution in [0.25, 0.3) is 0 Å². The predicted octanol–water partition coefficient (Wildman–Crippen LogP) is 7.81. The second kappa shape index (κ2) is 14.5. The van der Waals surface area contributed by atoms with Crippen molar-refractivity contribution in [2.24, 2.45) is 29.1 Å². The standard InChI is InChI=1S/C38H53N3O4/c1-5-11-27(2)23-38(31-14-7-6-8-15-31)20-18-37(19-21-38)24-30(22-29-12-9-13-29)28(3)35(43)41(26-37)25-34(42)40-33-17-10-16-32(39-33)36(44)45-4/h6-8,10,14-17,27-30H,5,9,11-13,18-26H2,1-4H3,(H,39,40,42). The van der Waals surface area contributed by atoms with Crippen LogP contribution in [0.1, 0.15) is 114 Å². The largest absolute Gasteiger partial charge is 0.464 e. The maximum Gasteiger partial charge on any atom is 0.356 e. The van der Waals surface area contributed by atoms with Gasteiger partial charge in [0.15, 0.2) is 5.69 Å².